The number of rotatable bonds is 22. The molecule has 2 unspecified atom stereocenters. The van der Waals surface area contributed by atoms with Crippen LogP contribution in [0.1, 0.15) is 111 Å². The van der Waals surface area contributed by atoms with Crippen LogP contribution in [0.5, 0.6) is 0 Å². The Morgan fingerprint density at radius 1 is 0.922 bits per heavy atom. The SMILES string of the molecule is CCC(CC)Sc1nnc(CCCC(=O)NC(C(=O)NC(CCCNC(N)=O)C(=O)Nc2ccc(COC(=O)O)cc2)C(C)C)o1.CCCCC. The Bertz CT molecular complexity index is 1330. The smallest absolute Gasteiger partial charge is 0.450 e. The standard InChI is InChI=1S/C30H45N7O8S.C5H12/c1-5-21(6-2)46-29-37-36-24(45-29)11-7-10-23(38)35-25(18(3)4)27(40)34-22(9-8-16-32-28(31)41)26(39)33-20-14-12-19(13-15-20)17-44-30(42)43;1-3-5-4-2/h12-15,18,21-22,25H,5-11,16-17H2,1-4H3,(H,33,39)(H,34,40)(H,35,38)(H,42,43)(H3,31,32,41);3-5H2,1-2H3. The number of carbonyl (C=O) groups is 5. The van der Waals surface area contributed by atoms with E-state index in [0.717, 1.165) is 12.8 Å². The van der Waals surface area contributed by atoms with E-state index < -0.39 is 36.1 Å². The second-order valence-corrected chi connectivity index (χ2v) is 13.5. The summed E-state index contributed by atoms with van der Waals surface area (Å²) in [6.45, 7) is 12.2. The number of nitrogens with one attached hydrogen (secondary N) is 4. The predicted molar refractivity (Wildman–Crippen MR) is 196 cm³/mol. The average Bonchev–Trinajstić information content (AvgIpc) is 3.54. The van der Waals surface area contributed by atoms with E-state index in [-0.39, 0.29) is 37.8 Å². The average molecular weight is 736 g/mol. The van der Waals surface area contributed by atoms with Crippen molar-refractivity contribution < 1.29 is 38.2 Å². The van der Waals surface area contributed by atoms with Gasteiger partial charge in [0.1, 0.15) is 18.7 Å². The summed E-state index contributed by atoms with van der Waals surface area (Å²) in [4.78, 5) is 61.0. The number of hydrogen-bond acceptors (Lipinski definition) is 10. The monoisotopic (exact) mass is 735 g/mol. The van der Waals surface area contributed by atoms with Crippen LogP contribution in [0.15, 0.2) is 33.9 Å². The van der Waals surface area contributed by atoms with Crippen molar-refractivity contribution in [3.8, 4) is 0 Å². The molecular weight excluding hydrogens is 678 g/mol. The molecule has 1 heterocycles. The van der Waals surface area contributed by atoms with E-state index in [2.05, 4.69) is 63.9 Å². The number of nitrogens with zero attached hydrogens (tertiary/aromatic N) is 2. The highest BCUT2D eigenvalue weighted by Gasteiger charge is 2.29. The molecule has 286 valence electrons. The van der Waals surface area contributed by atoms with Gasteiger partial charge in [-0.05, 0) is 55.7 Å². The van der Waals surface area contributed by atoms with Gasteiger partial charge in [-0.25, -0.2) is 9.59 Å². The van der Waals surface area contributed by atoms with E-state index in [1.165, 1.54) is 19.3 Å². The fraction of sp³-hybridized carbons (Fsp3) is 0.629. The van der Waals surface area contributed by atoms with Crippen LogP contribution in [0.3, 0.4) is 0 Å². The fourth-order valence-corrected chi connectivity index (χ4v) is 5.48. The van der Waals surface area contributed by atoms with E-state index in [1.807, 2.05) is 0 Å². The lowest BCUT2D eigenvalue weighted by molar-refractivity contribution is -0.132. The first-order valence-corrected chi connectivity index (χ1v) is 18.6. The normalized spacial score (nSPS) is 11.9. The summed E-state index contributed by atoms with van der Waals surface area (Å²) in [5, 5.41) is 28.4. The number of primary amides is 1. The third kappa shape index (κ3) is 19.6. The maximum absolute atomic E-state index is 13.3. The van der Waals surface area contributed by atoms with E-state index in [1.54, 1.807) is 49.9 Å². The van der Waals surface area contributed by atoms with Crippen LogP contribution < -0.4 is 27.0 Å². The van der Waals surface area contributed by atoms with Crippen molar-refractivity contribution in [1.82, 2.24) is 26.1 Å². The molecule has 1 aromatic heterocycles. The Morgan fingerprint density at radius 3 is 2.14 bits per heavy atom. The number of anilines is 1. The first kappa shape index (κ1) is 44.7. The topological polar surface area (TPSA) is 228 Å². The minimum Gasteiger partial charge on any atom is -0.450 e. The minimum atomic E-state index is -1.40. The minimum absolute atomic E-state index is 0.129. The maximum atomic E-state index is 13.3. The molecule has 7 N–H and O–H groups in total. The summed E-state index contributed by atoms with van der Waals surface area (Å²) in [5.74, 6) is -1.23. The van der Waals surface area contributed by atoms with Crippen molar-refractivity contribution in [3.63, 3.8) is 0 Å². The van der Waals surface area contributed by atoms with Gasteiger partial charge in [-0.15, -0.1) is 10.2 Å². The second-order valence-electron chi connectivity index (χ2n) is 12.2. The van der Waals surface area contributed by atoms with Crippen LogP contribution in [0.25, 0.3) is 0 Å². The number of hydrogen-bond donors (Lipinski definition) is 6. The van der Waals surface area contributed by atoms with Crippen LogP contribution in [-0.2, 0) is 32.1 Å². The number of aromatic nitrogens is 2. The number of urea groups is 1. The summed E-state index contributed by atoms with van der Waals surface area (Å²) in [5.41, 5.74) is 6.12. The number of amides is 5. The Hall–Kier alpha value is -4.34. The Labute approximate surface area is 305 Å². The third-order valence-electron chi connectivity index (χ3n) is 7.58. The molecule has 0 saturated heterocycles. The van der Waals surface area contributed by atoms with E-state index in [9.17, 15) is 24.0 Å². The number of unbranched alkanes of at least 4 members (excludes halogenated alkanes) is 2. The first-order valence-electron chi connectivity index (χ1n) is 17.7. The molecule has 2 aromatic rings. The number of carboxylic acid groups (broad SMARTS) is 1. The molecule has 16 heteroatoms. The van der Waals surface area contributed by atoms with Gasteiger partial charge in [0.2, 0.25) is 23.6 Å². The molecule has 0 fully saturated rings. The molecule has 1 aromatic carbocycles. The van der Waals surface area contributed by atoms with Gasteiger partial charge >= 0.3 is 12.2 Å². The molecule has 0 spiro atoms. The molecule has 0 saturated carbocycles. The van der Waals surface area contributed by atoms with Crippen molar-refractivity contribution in [2.75, 3.05) is 11.9 Å². The Morgan fingerprint density at radius 2 is 1.59 bits per heavy atom. The van der Waals surface area contributed by atoms with Crippen molar-refractivity contribution in [3.05, 3.63) is 35.7 Å². The molecule has 15 nitrogen and oxygen atoms in total. The van der Waals surface area contributed by atoms with Crippen molar-refractivity contribution >= 4 is 47.4 Å². The van der Waals surface area contributed by atoms with Crippen LogP contribution >= 0.6 is 11.8 Å². The molecular formula is C35H57N7O8S. The number of aryl methyl sites for hydroxylation is 1. The molecule has 2 rings (SSSR count). The van der Waals surface area contributed by atoms with Gasteiger partial charge in [-0.2, -0.15) is 0 Å². The largest absolute Gasteiger partial charge is 0.506 e. The fourth-order valence-electron chi connectivity index (χ4n) is 4.63. The zero-order valence-electron chi connectivity index (χ0n) is 30.8. The lowest BCUT2D eigenvalue weighted by Crippen LogP contribution is -2.54. The molecule has 0 aliphatic heterocycles. The lowest BCUT2D eigenvalue weighted by Gasteiger charge is -2.25. The Balaban J connectivity index is 0.00000242. The summed E-state index contributed by atoms with van der Waals surface area (Å²) in [6.07, 6.45) is 6.14. The highest BCUT2D eigenvalue weighted by molar-refractivity contribution is 7.99. The molecule has 0 aliphatic carbocycles. The van der Waals surface area contributed by atoms with Crippen molar-refractivity contribution in [2.24, 2.45) is 11.7 Å². The predicted octanol–water partition coefficient (Wildman–Crippen LogP) is 5.78. The van der Waals surface area contributed by atoms with Gasteiger partial charge < -0.3 is 41.3 Å². The number of benzene rings is 1. The zero-order valence-corrected chi connectivity index (χ0v) is 31.6. The second kappa shape index (κ2) is 25.6. The number of thioether (sulfide) groups is 1. The molecule has 51 heavy (non-hydrogen) atoms. The summed E-state index contributed by atoms with van der Waals surface area (Å²) >= 11 is 1.54. The highest BCUT2D eigenvalue weighted by atomic mass is 32.2. The third-order valence-corrected chi connectivity index (χ3v) is 8.95. The molecule has 2 atom stereocenters. The van der Waals surface area contributed by atoms with Gasteiger partial charge in [-0.3, -0.25) is 14.4 Å². The number of nitrogens with two attached hydrogens (primary N) is 1. The zero-order chi connectivity index (χ0) is 38.2. The van der Waals surface area contributed by atoms with Crippen LogP contribution in [0, 0.1) is 5.92 Å². The van der Waals surface area contributed by atoms with Crippen molar-refractivity contribution in [1.29, 1.82) is 0 Å². The highest BCUT2D eigenvalue weighted by Crippen LogP contribution is 2.26. The summed E-state index contributed by atoms with van der Waals surface area (Å²) < 4.78 is 10.2. The van der Waals surface area contributed by atoms with E-state index >= 15 is 0 Å². The Kier molecular flexibility index (Phi) is 22.4. The van der Waals surface area contributed by atoms with Crippen LogP contribution in [0.4, 0.5) is 15.3 Å². The van der Waals surface area contributed by atoms with Gasteiger partial charge in [0, 0.05) is 30.3 Å². The van der Waals surface area contributed by atoms with E-state index in [4.69, 9.17) is 15.3 Å². The maximum Gasteiger partial charge on any atom is 0.506 e. The molecule has 0 radical (unpaired) electrons. The van der Waals surface area contributed by atoms with Crippen LogP contribution in [0.2, 0.25) is 0 Å². The first-order chi connectivity index (χ1) is 24.3. The number of carbonyl (C=O) groups excluding carboxylic acids is 4. The van der Waals surface area contributed by atoms with Gasteiger partial charge in [-0.1, -0.05) is 84.7 Å². The lowest BCUT2D eigenvalue weighted by atomic mass is 10.0. The molecule has 0 aliphatic rings. The van der Waals surface area contributed by atoms with Gasteiger partial charge in [0.15, 0.2) is 0 Å². The van der Waals surface area contributed by atoms with Gasteiger partial charge in [0.05, 0.1) is 0 Å². The van der Waals surface area contributed by atoms with E-state index in [0.29, 0.717) is 46.9 Å². The van der Waals surface area contributed by atoms with Crippen LogP contribution in [-0.4, -0.2) is 69.1 Å². The van der Waals surface area contributed by atoms with Gasteiger partial charge in [0.25, 0.3) is 5.22 Å². The quantitative estimate of drug-likeness (QED) is 0.0483. The molecule has 0 bridgehead atoms. The number of ether oxygens (including phenoxy) is 1. The summed E-state index contributed by atoms with van der Waals surface area (Å²) in [7, 11) is 0. The summed E-state index contributed by atoms with van der Waals surface area (Å²) in [6, 6.07) is 3.72. The van der Waals surface area contributed by atoms with Crippen molar-refractivity contribution in [2.45, 2.75) is 135 Å². The molecule has 5 amide bonds.